The number of halogens is 3. The summed E-state index contributed by atoms with van der Waals surface area (Å²) in [6.45, 7) is 9.74. The lowest BCUT2D eigenvalue weighted by atomic mass is 9.63. The van der Waals surface area contributed by atoms with Crippen molar-refractivity contribution in [3.05, 3.63) is 0 Å². The van der Waals surface area contributed by atoms with Crippen LogP contribution in [0.4, 0.5) is 13.2 Å². The maximum absolute atomic E-state index is 13.3. The Hall–Kier alpha value is -0.290. The lowest BCUT2D eigenvalue weighted by molar-refractivity contribution is -0.212. The van der Waals surface area contributed by atoms with Gasteiger partial charge in [0.1, 0.15) is 0 Å². The molecular weight excluding hydrogens is 265 g/mol. The maximum atomic E-state index is 13.3. The Morgan fingerprint density at radius 3 is 2.20 bits per heavy atom. The molecule has 2 unspecified atom stereocenters. The van der Waals surface area contributed by atoms with Gasteiger partial charge in [0.25, 0.3) is 0 Å². The molecule has 1 N–H and O–H groups in total. The van der Waals surface area contributed by atoms with Crippen molar-refractivity contribution in [2.45, 2.75) is 71.3 Å². The van der Waals surface area contributed by atoms with E-state index in [1.54, 1.807) is 0 Å². The highest BCUT2D eigenvalue weighted by Gasteiger charge is 2.55. The number of hydrogen-bond acceptors (Lipinski definition) is 2. The van der Waals surface area contributed by atoms with E-state index in [4.69, 9.17) is 0 Å². The van der Waals surface area contributed by atoms with Crippen molar-refractivity contribution < 1.29 is 13.2 Å². The Morgan fingerprint density at radius 1 is 1.15 bits per heavy atom. The van der Waals surface area contributed by atoms with Crippen molar-refractivity contribution in [1.82, 2.24) is 10.2 Å². The molecule has 0 bridgehead atoms. The van der Waals surface area contributed by atoms with Gasteiger partial charge in [-0.2, -0.15) is 13.2 Å². The van der Waals surface area contributed by atoms with Crippen LogP contribution in [0.1, 0.15) is 47.0 Å². The minimum Gasteiger partial charge on any atom is -0.311 e. The highest BCUT2D eigenvalue weighted by atomic mass is 19.4. The summed E-state index contributed by atoms with van der Waals surface area (Å²) in [5.74, 6) is -1.19. The number of hydrogen-bond donors (Lipinski definition) is 1. The minimum atomic E-state index is -4.09. The fourth-order valence-corrected chi connectivity index (χ4v) is 3.81. The van der Waals surface area contributed by atoms with Crippen LogP contribution in [0.3, 0.4) is 0 Å². The second kappa shape index (κ2) is 5.48. The zero-order valence-electron chi connectivity index (χ0n) is 12.9. The second-order valence-corrected chi connectivity index (χ2v) is 7.32. The minimum absolute atomic E-state index is 0.0837. The fourth-order valence-electron chi connectivity index (χ4n) is 3.81. The van der Waals surface area contributed by atoms with E-state index < -0.39 is 18.1 Å². The highest BCUT2D eigenvalue weighted by molar-refractivity contribution is 5.04. The van der Waals surface area contributed by atoms with E-state index in [0.29, 0.717) is 18.9 Å². The van der Waals surface area contributed by atoms with E-state index in [2.05, 4.69) is 24.1 Å². The molecule has 0 aromatic heterocycles. The van der Waals surface area contributed by atoms with Gasteiger partial charge in [-0.15, -0.1) is 0 Å². The SMILES string of the molecule is CC(C)NC1CCC2(CC1C(F)(F)F)CN(C(C)C)C2. The highest BCUT2D eigenvalue weighted by Crippen LogP contribution is 2.50. The summed E-state index contributed by atoms with van der Waals surface area (Å²) in [5, 5.41) is 3.12. The third-order valence-electron chi connectivity index (χ3n) is 4.90. The molecule has 2 atom stereocenters. The molecule has 0 radical (unpaired) electrons. The van der Waals surface area contributed by atoms with Crippen LogP contribution in [-0.4, -0.2) is 42.3 Å². The predicted octanol–water partition coefficient (Wildman–Crippen LogP) is 3.43. The van der Waals surface area contributed by atoms with Crippen molar-refractivity contribution >= 4 is 0 Å². The summed E-state index contributed by atoms with van der Waals surface area (Å²) in [6.07, 6.45) is -2.22. The third kappa shape index (κ3) is 3.30. The van der Waals surface area contributed by atoms with Gasteiger partial charge in [-0.3, -0.25) is 4.90 Å². The Morgan fingerprint density at radius 2 is 1.75 bits per heavy atom. The van der Waals surface area contributed by atoms with Gasteiger partial charge in [0.05, 0.1) is 5.92 Å². The molecule has 5 heteroatoms. The smallest absolute Gasteiger partial charge is 0.311 e. The van der Waals surface area contributed by atoms with Gasteiger partial charge in [-0.05, 0) is 38.5 Å². The molecule has 0 amide bonds. The second-order valence-electron chi connectivity index (χ2n) is 7.32. The Labute approximate surface area is 120 Å². The van der Waals surface area contributed by atoms with Gasteiger partial charge in [0.15, 0.2) is 0 Å². The largest absolute Gasteiger partial charge is 0.393 e. The first-order chi connectivity index (χ1) is 9.13. The van der Waals surface area contributed by atoms with Crippen molar-refractivity contribution in [3.63, 3.8) is 0 Å². The van der Waals surface area contributed by atoms with E-state index >= 15 is 0 Å². The first-order valence-corrected chi connectivity index (χ1v) is 7.70. The Balaban J connectivity index is 2.03. The summed E-state index contributed by atoms with van der Waals surface area (Å²) in [7, 11) is 0. The normalized spacial score (nSPS) is 31.1. The quantitative estimate of drug-likeness (QED) is 0.857. The monoisotopic (exact) mass is 292 g/mol. The number of nitrogens with zero attached hydrogens (tertiary/aromatic N) is 1. The molecule has 118 valence electrons. The first kappa shape index (κ1) is 16.1. The molecule has 0 aromatic rings. The molecule has 1 saturated heterocycles. The number of nitrogens with one attached hydrogen (secondary N) is 1. The molecule has 1 aliphatic carbocycles. The molecule has 2 rings (SSSR count). The van der Waals surface area contributed by atoms with Crippen molar-refractivity contribution in [3.8, 4) is 0 Å². The van der Waals surface area contributed by atoms with Crippen molar-refractivity contribution in [2.24, 2.45) is 11.3 Å². The van der Waals surface area contributed by atoms with Crippen molar-refractivity contribution in [1.29, 1.82) is 0 Å². The molecule has 1 heterocycles. The van der Waals surface area contributed by atoms with Crippen LogP contribution in [0.25, 0.3) is 0 Å². The predicted molar refractivity (Wildman–Crippen MR) is 74.6 cm³/mol. The Bertz CT molecular complexity index is 333. The average Bonchev–Trinajstić information content (AvgIpc) is 2.24. The average molecular weight is 292 g/mol. The molecule has 2 aliphatic rings. The molecular formula is C15H27F3N2. The van der Waals surface area contributed by atoms with Crippen LogP contribution in [0.2, 0.25) is 0 Å². The zero-order chi connectivity index (χ0) is 15.1. The van der Waals surface area contributed by atoms with E-state index in [1.807, 2.05) is 13.8 Å². The van der Waals surface area contributed by atoms with E-state index in [0.717, 1.165) is 19.5 Å². The van der Waals surface area contributed by atoms with Crippen LogP contribution in [0.5, 0.6) is 0 Å². The third-order valence-corrected chi connectivity index (χ3v) is 4.90. The van der Waals surface area contributed by atoms with Crippen molar-refractivity contribution in [2.75, 3.05) is 13.1 Å². The van der Waals surface area contributed by atoms with E-state index in [9.17, 15) is 13.2 Å². The van der Waals surface area contributed by atoms with Gasteiger partial charge in [0, 0.05) is 31.2 Å². The number of likely N-dealkylation sites (tertiary alicyclic amines) is 1. The van der Waals surface area contributed by atoms with Crippen LogP contribution >= 0.6 is 0 Å². The molecule has 1 spiro atoms. The number of alkyl halides is 3. The molecule has 2 nitrogen and oxygen atoms in total. The zero-order valence-corrected chi connectivity index (χ0v) is 12.9. The van der Waals surface area contributed by atoms with Crippen LogP contribution in [0.15, 0.2) is 0 Å². The van der Waals surface area contributed by atoms with Gasteiger partial charge in [-0.1, -0.05) is 13.8 Å². The first-order valence-electron chi connectivity index (χ1n) is 7.70. The van der Waals surface area contributed by atoms with E-state index in [1.165, 1.54) is 0 Å². The standard InChI is InChI=1S/C15H27F3N2/c1-10(2)19-13-5-6-14(7-12(13)15(16,17)18)8-20(9-14)11(3)4/h10-13,19H,5-9H2,1-4H3. The lowest BCUT2D eigenvalue weighted by Crippen LogP contribution is -2.63. The summed E-state index contributed by atoms with van der Waals surface area (Å²) in [6, 6.07) is 0.137. The van der Waals surface area contributed by atoms with E-state index in [-0.39, 0.29) is 11.5 Å². The Kier molecular flexibility index (Phi) is 4.41. The fraction of sp³-hybridized carbons (Fsp3) is 1.00. The summed E-state index contributed by atoms with van der Waals surface area (Å²) in [5.41, 5.74) is -0.0837. The topological polar surface area (TPSA) is 15.3 Å². The summed E-state index contributed by atoms with van der Waals surface area (Å²) >= 11 is 0. The van der Waals surface area contributed by atoms with Gasteiger partial charge < -0.3 is 5.32 Å². The lowest BCUT2D eigenvalue weighted by Gasteiger charge is -2.57. The number of rotatable bonds is 3. The molecule has 1 saturated carbocycles. The molecule has 2 fully saturated rings. The van der Waals surface area contributed by atoms with Gasteiger partial charge >= 0.3 is 6.18 Å². The van der Waals surface area contributed by atoms with Crippen LogP contribution in [0, 0.1) is 11.3 Å². The molecule has 20 heavy (non-hydrogen) atoms. The summed E-state index contributed by atoms with van der Waals surface area (Å²) in [4.78, 5) is 2.28. The van der Waals surface area contributed by atoms with Crippen LogP contribution in [-0.2, 0) is 0 Å². The van der Waals surface area contributed by atoms with Gasteiger partial charge in [-0.25, -0.2) is 0 Å². The maximum Gasteiger partial charge on any atom is 0.393 e. The summed E-state index contributed by atoms with van der Waals surface area (Å²) < 4.78 is 40.0. The molecule has 0 aromatic carbocycles. The molecule has 1 aliphatic heterocycles. The van der Waals surface area contributed by atoms with Crippen LogP contribution < -0.4 is 5.32 Å². The van der Waals surface area contributed by atoms with Gasteiger partial charge in [0.2, 0.25) is 0 Å².